The van der Waals surface area contributed by atoms with Crippen LogP contribution in [-0.4, -0.2) is 22.3 Å². The number of rotatable bonds is 1. The minimum absolute atomic E-state index is 0.00645. The molecule has 5 fully saturated rings. The lowest BCUT2D eigenvalue weighted by molar-refractivity contribution is -0.248. The molecule has 33 heavy (non-hydrogen) atoms. The van der Waals surface area contributed by atoms with Gasteiger partial charge in [-0.1, -0.05) is 48.5 Å². The van der Waals surface area contributed by atoms with E-state index in [-0.39, 0.29) is 22.3 Å². The van der Waals surface area contributed by atoms with Gasteiger partial charge in [-0.15, -0.1) is 0 Å². The largest absolute Gasteiger partial charge is 0.481 e. The Balaban J connectivity index is 1.54. The lowest BCUT2D eigenvalue weighted by atomic mass is 9.32. The van der Waals surface area contributed by atoms with Crippen LogP contribution in [0.5, 0.6) is 0 Å². The highest BCUT2D eigenvalue weighted by atomic mass is 16.4. The molecule has 0 spiro atoms. The first-order chi connectivity index (χ1) is 15.1. The van der Waals surface area contributed by atoms with Gasteiger partial charge in [0.1, 0.15) is 0 Å². The fourth-order valence-corrected chi connectivity index (χ4v) is 11.6. The second-order valence-corrected chi connectivity index (χ2v) is 15.5. The van der Waals surface area contributed by atoms with Crippen LogP contribution in [-0.2, 0) is 4.79 Å². The van der Waals surface area contributed by atoms with Crippen molar-refractivity contribution in [2.45, 2.75) is 125 Å². The van der Waals surface area contributed by atoms with Crippen molar-refractivity contribution in [3.63, 3.8) is 0 Å². The molecule has 2 N–H and O–H groups in total. The first kappa shape index (κ1) is 24.1. The second kappa shape index (κ2) is 7.01. The summed E-state index contributed by atoms with van der Waals surface area (Å²) in [6.07, 6.45) is 11.8. The van der Waals surface area contributed by atoms with E-state index in [9.17, 15) is 15.0 Å². The summed E-state index contributed by atoms with van der Waals surface area (Å²) in [5.41, 5.74) is 0.467. The number of hydrogen-bond acceptors (Lipinski definition) is 2. The van der Waals surface area contributed by atoms with Crippen LogP contribution >= 0.6 is 0 Å². The van der Waals surface area contributed by atoms with Crippen molar-refractivity contribution in [3.8, 4) is 0 Å². The van der Waals surface area contributed by atoms with Crippen molar-refractivity contribution >= 4 is 5.97 Å². The molecule has 5 saturated carbocycles. The molecule has 0 aromatic carbocycles. The lowest BCUT2D eigenvalue weighted by Gasteiger charge is -2.72. The molecule has 3 nitrogen and oxygen atoms in total. The third-order valence-electron chi connectivity index (χ3n) is 13.4. The average molecular weight is 459 g/mol. The zero-order valence-corrected chi connectivity index (χ0v) is 22.5. The van der Waals surface area contributed by atoms with Crippen LogP contribution in [0.15, 0.2) is 0 Å². The van der Waals surface area contributed by atoms with E-state index in [1.54, 1.807) is 0 Å². The fourth-order valence-electron chi connectivity index (χ4n) is 11.6. The third kappa shape index (κ3) is 2.99. The van der Waals surface area contributed by atoms with Crippen LogP contribution in [0.4, 0.5) is 0 Å². The number of aliphatic carboxylic acids is 1. The molecule has 5 rings (SSSR count). The fraction of sp³-hybridized carbons (Fsp3) is 0.967. The van der Waals surface area contributed by atoms with Gasteiger partial charge in [0.15, 0.2) is 0 Å². The summed E-state index contributed by atoms with van der Waals surface area (Å²) in [5, 5.41) is 21.4. The molecular formula is C30H50O3. The van der Waals surface area contributed by atoms with Crippen molar-refractivity contribution in [1.29, 1.82) is 0 Å². The Bertz CT molecular complexity index is 830. The smallest absolute Gasteiger partial charge is 0.309 e. The Morgan fingerprint density at radius 2 is 1.12 bits per heavy atom. The highest BCUT2D eigenvalue weighted by Crippen LogP contribution is 2.76. The van der Waals surface area contributed by atoms with Crippen LogP contribution in [0.3, 0.4) is 0 Å². The van der Waals surface area contributed by atoms with Gasteiger partial charge in [-0.3, -0.25) is 4.79 Å². The number of carboxylic acid groups (broad SMARTS) is 1. The zero-order chi connectivity index (χ0) is 24.2. The van der Waals surface area contributed by atoms with Gasteiger partial charge in [0.2, 0.25) is 0 Å². The molecule has 0 unspecified atom stereocenters. The van der Waals surface area contributed by atoms with E-state index in [4.69, 9.17) is 0 Å². The van der Waals surface area contributed by atoms with E-state index in [1.807, 2.05) is 0 Å². The van der Waals surface area contributed by atoms with Crippen LogP contribution in [0, 0.1) is 56.2 Å². The van der Waals surface area contributed by atoms with E-state index in [2.05, 4.69) is 48.5 Å². The molecule has 0 bridgehead atoms. The summed E-state index contributed by atoms with van der Waals surface area (Å²) in [6.45, 7) is 17.1. The van der Waals surface area contributed by atoms with Gasteiger partial charge in [0.05, 0.1) is 11.5 Å². The topological polar surface area (TPSA) is 57.5 Å². The van der Waals surface area contributed by atoms with Gasteiger partial charge in [0, 0.05) is 0 Å². The summed E-state index contributed by atoms with van der Waals surface area (Å²) in [4.78, 5) is 12.8. The molecule has 0 amide bonds. The Labute approximate surface area is 202 Å². The Kier molecular flexibility index (Phi) is 5.13. The normalized spacial score (nSPS) is 54.8. The molecule has 5 aliphatic carbocycles. The summed E-state index contributed by atoms with van der Waals surface area (Å²) in [5.74, 6) is 1.71. The molecule has 0 aliphatic heterocycles. The van der Waals surface area contributed by atoms with Gasteiger partial charge in [-0.05, 0) is 121 Å². The predicted octanol–water partition coefficient (Wildman–Crippen LogP) is 7.31. The predicted molar refractivity (Wildman–Crippen MR) is 133 cm³/mol. The monoisotopic (exact) mass is 458 g/mol. The van der Waals surface area contributed by atoms with Crippen LogP contribution in [0.2, 0.25) is 0 Å². The van der Waals surface area contributed by atoms with Gasteiger partial charge in [0.25, 0.3) is 0 Å². The number of aliphatic hydroxyl groups excluding tert-OH is 1. The van der Waals surface area contributed by atoms with Gasteiger partial charge in [-0.25, -0.2) is 0 Å². The van der Waals surface area contributed by atoms with Gasteiger partial charge >= 0.3 is 5.97 Å². The van der Waals surface area contributed by atoms with Crippen LogP contribution in [0.1, 0.15) is 119 Å². The maximum atomic E-state index is 12.8. The van der Waals surface area contributed by atoms with Crippen molar-refractivity contribution in [1.82, 2.24) is 0 Å². The highest BCUT2D eigenvalue weighted by molar-refractivity contribution is 5.75. The SMILES string of the molecule is CC1(C)CC[C@]2(C(=O)O)CC[C@H]3[C@]4(C)CC[C@H]5C(C)(C)[C@@H](O)CC[C@]5(C)[C@H]4CC[C@@]3(C)[C@H]2C1. The molecular weight excluding hydrogens is 408 g/mol. The number of fused-ring (bicyclic) bond motifs is 7. The molecule has 0 saturated heterocycles. The number of aliphatic hydroxyl groups is 1. The van der Waals surface area contributed by atoms with Crippen molar-refractivity contribution in [2.24, 2.45) is 56.2 Å². The number of carboxylic acids is 1. The van der Waals surface area contributed by atoms with Crippen molar-refractivity contribution < 1.29 is 15.0 Å². The lowest BCUT2D eigenvalue weighted by Crippen LogP contribution is -2.67. The maximum absolute atomic E-state index is 12.8. The summed E-state index contributed by atoms with van der Waals surface area (Å²) in [6, 6.07) is 0. The van der Waals surface area contributed by atoms with E-state index in [1.165, 1.54) is 25.7 Å². The van der Waals surface area contributed by atoms with E-state index in [0.29, 0.717) is 34.5 Å². The molecule has 0 heterocycles. The summed E-state index contributed by atoms with van der Waals surface area (Å²) in [7, 11) is 0. The average Bonchev–Trinajstić information content (AvgIpc) is 2.70. The van der Waals surface area contributed by atoms with Gasteiger partial charge in [-0.2, -0.15) is 0 Å². The van der Waals surface area contributed by atoms with E-state index >= 15 is 0 Å². The number of carbonyl (C=O) groups is 1. The standard InChI is InChI=1S/C30H50O3/c1-25(2)16-17-30(24(32)33)15-10-21-28(6)12-8-19-26(3,4)23(31)11-14-27(19,5)20(28)9-13-29(21,7)22(30)18-25/h19-23,31H,8-18H2,1-7H3,(H,32,33)/t19-,20+,21-,22+,23-,27-,28+,29+,30+/m0/s1. The Morgan fingerprint density at radius 3 is 1.73 bits per heavy atom. The molecule has 0 radical (unpaired) electrons. The Morgan fingerprint density at radius 1 is 0.636 bits per heavy atom. The van der Waals surface area contributed by atoms with E-state index < -0.39 is 11.4 Å². The van der Waals surface area contributed by atoms with Crippen molar-refractivity contribution in [3.05, 3.63) is 0 Å². The van der Waals surface area contributed by atoms with Crippen molar-refractivity contribution in [2.75, 3.05) is 0 Å². The zero-order valence-electron chi connectivity index (χ0n) is 22.5. The molecule has 9 atom stereocenters. The molecule has 0 aromatic rings. The first-order valence-electron chi connectivity index (χ1n) is 14.1. The first-order valence-corrected chi connectivity index (χ1v) is 14.1. The maximum Gasteiger partial charge on any atom is 0.309 e. The van der Waals surface area contributed by atoms with E-state index in [0.717, 1.165) is 44.9 Å². The van der Waals surface area contributed by atoms with Crippen LogP contribution < -0.4 is 0 Å². The second-order valence-electron chi connectivity index (χ2n) is 15.5. The molecule has 5 aliphatic rings. The van der Waals surface area contributed by atoms with Crippen LogP contribution in [0.25, 0.3) is 0 Å². The quantitative estimate of drug-likeness (QED) is 0.433. The highest BCUT2D eigenvalue weighted by Gasteiger charge is 2.70. The number of hydrogen-bond donors (Lipinski definition) is 2. The minimum atomic E-state index is -0.506. The molecule has 3 heteroatoms. The molecule has 188 valence electrons. The summed E-state index contributed by atoms with van der Waals surface area (Å²) < 4.78 is 0. The minimum Gasteiger partial charge on any atom is -0.481 e. The Hall–Kier alpha value is -0.570. The van der Waals surface area contributed by atoms with Gasteiger partial charge < -0.3 is 10.2 Å². The summed E-state index contributed by atoms with van der Waals surface area (Å²) >= 11 is 0. The third-order valence-corrected chi connectivity index (χ3v) is 13.4. The molecule has 0 aromatic heterocycles.